The highest BCUT2D eigenvalue weighted by molar-refractivity contribution is 7.87. The van der Waals surface area contributed by atoms with Crippen LogP contribution in [-0.4, -0.2) is 56.3 Å². The fourth-order valence-electron chi connectivity index (χ4n) is 2.06. The highest BCUT2D eigenvalue weighted by Gasteiger charge is 2.33. The third-order valence-corrected chi connectivity index (χ3v) is 4.89. The molecular formula is C12H26N2O4S. The van der Waals surface area contributed by atoms with E-state index < -0.39 is 10.2 Å². The largest absolute Gasteiger partial charge is 0.396 e. The van der Waals surface area contributed by atoms with Crippen molar-refractivity contribution >= 4 is 10.2 Å². The minimum atomic E-state index is -3.53. The van der Waals surface area contributed by atoms with Gasteiger partial charge in [0.25, 0.3) is 10.2 Å². The smallest absolute Gasteiger partial charge is 0.279 e. The first kappa shape index (κ1) is 16.8. The molecule has 1 saturated heterocycles. The molecule has 0 amide bonds. The molecule has 0 saturated carbocycles. The molecule has 114 valence electrons. The molecule has 7 heteroatoms. The Kier molecular flexibility index (Phi) is 5.76. The zero-order chi connectivity index (χ0) is 14.7. The summed E-state index contributed by atoms with van der Waals surface area (Å²) < 4.78 is 34.2. The van der Waals surface area contributed by atoms with Gasteiger partial charge in [-0.05, 0) is 18.8 Å². The van der Waals surface area contributed by atoms with Gasteiger partial charge in [0.15, 0.2) is 0 Å². The molecule has 1 aliphatic heterocycles. The van der Waals surface area contributed by atoms with Gasteiger partial charge in [-0.3, -0.25) is 0 Å². The van der Waals surface area contributed by atoms with Gasteiger partial charge in [0.2, 0.25) is 0 Å². The van der Waals surface area contributed by atoms with E-state index in [1.54, 1.807) is 0 Å². The normalized spacial score (nSPS) is 24.4. The van der Waals surface area contributed by atoms with Crippen LogP contribution in [0.3, 0.4) is 0 Å². The Bertz CT molecular complexity index is 378. The third-order valence-electron chi connectivity index (χ3n) is 3.30. The topological polar surface area (TPSA) is 78.9 Å². The van der Waals surface area contributed by atoms with Gasteiger partial charge in [-0.25, -0.2) is 0 Å². The molecule has 0 spiro atoms. The molecule has 0 bridgehead atoms. The molecule has 19 heavy (non-hydrogen) atoms. The van der Waals surface area contributed by atoms with Gasteiger partial charge < -0.3 is 9.84 Å². The average molecular weight is 294 g/mol. The highest BCUT2D eigenvalue weighted by atomic mass is 32.2. The number of aliphatic hydroxyl groups is 1. The zero-order valence-corrected chi connectivity index (χ0v) is 13.0. The Morgan fingerprint density at radius 2 is 2.11 bits per heavy atom. The Labute approximate surface area is 116 Å². The summed E-state index contributed by atoms with van der Waals surface area (Å²) in [5.74, 6) is 0. The Hall–Kier alpha value is -0.210. The fourth-order valence-corrected chi connectivity index (χ4v) is 3.76. The molecule has 1 heterocycles. The van der Waals surface area contributed by atoms with Crippen LogP contribution in [0.25, 0.3) is 0 Å². The van der Waals surface area contributed by atoms with Gasteiger partial charge in [-0.1, -0.05) is 20.8 Å². The second kappa shape index (κ2) is 6.49. The van der Waals surface area contributed by atoms with Gasteiger partial charge >= 0.3 is 0 Å². The number of aliphatic hydroxyl groups excluding tert-OH is 1. The maximum Gasteiger partial charge on any atom is 0.279 e. The summed E-state index contributed by atoms with van der Waals surface area (Å²) >= 11 is 0. The van der Waals surface area contributed by atoms with Gasteiger partial charge in [-0.15, -0.1) is 0 Å². The van der Waals surface area contributed by atoms with Crippen molar-refractivity contribution in [2.45, 2.75) is 46.3 Å². The highest BCUT2D eigenvalue weighted by Crippen LogP contribution is 2.23. The molecule has 1 rings (SSSR count). The molecule has 0 aromatic rings. The molecule has 2 N–H and O–H groups in total. The second-order valence-electron chi connectivity index (χ2n) is 6.09. The molecule has 2 atom stereocenters. The summed E-state index contributed by atoms with van der Waals surface area (Å²) in [4.78, 5) is 0. The van der Waals surface area contributed by atoms with Crippen LogP contribution in [0.5, 0.6) is 0 Å². The first-order valence-electron chi connectivity index (χ1n) is 6.66. The summed E-state index contributed by atoms with van der Waals surface area (Å²) in [7, 11) is -3.53. The average Bonchev–Trinajstić information content (AvgIpc) is 2.27. The monoisotopic (exact) mass is 294 g/mol. The molecule has 0 aromatic carbocycles. The summed E-state index contributed by atoms with van der Waals surface area (Å²) in [6, 6.07) is -0.291. The molecule has 0 aliphatic carbocycles. The second-order valence-corrected chi connectivity index (χ2v) is 7.80. The summed E-state index contributed by atoms with van der Waals surface area (Å²) in [5, 5.41) is 9.08. The van der Waals surface area contributed by atoms with Gasteiger partial charge in [0, 0.05) is 25.7 Å². The lowest BCUT2D eigenvalue weighted by Crippen LogP contribution is -2.54. The number of ether oxygens (including phenoxy) is 1. The Balaban J connectivity index is 2.76. The SMILES string of the molecule is C[C@@H]1CN(S(=O)(=O)N[C@@H](CCO)C(C)(C)C)CCO1. The van der Waals surface area contributed by atoms with Crippen molar-refractivity contribution in [1.29, 1.82) is 0 Å². The van der Waals surface area contributed by atoms with E-state index in [1.807, 2.05) is 27.7 Å². The predicted molar refractivity (Wildman–Crippen MR) is 74.0 cm³/mol. The van der Waals surface area contributed by atoms with Crippen LogP contribution in [0.15, 0.2) is 0 Å². The van der Waals surface area contributed by atoms with Crippen molar-refractivity contribution in [3.8, 4) is 0 Å². The van der Waals surface area contributed by atoms with E-state index >= 15 is 0 Å². The van der Waals surface area contributed by atoms with Crippen LogP contribution in [0.4, 0.5) is 0 Å². The van der Waals surface area contributed by atoms with Gasteiger partial charge in [-0.2, -0.15) is 17.4 Å². The van der Waals surface area contributed by atoms with E-state index in [-0.39, 0.29) is 24.2 Å². The lowest BCUT2D eigenvalue weighted by Gasteiger charge is -2.35. The van der Waals surface area contributed by atoms with Crippen molar-refractivity contribution < 1.29 is 18.3 Å². The Morgan fingerprint density at radius 1 is 1.47 bits per heavy atom. The summed E-state index contributed by atoms with van der Waals surface area (Å²) in [6.07, 6.45) is 0.319. The minimum absolute atomic E-state index is 0.0377. The lowest BCUT2D eigenvalue weighted by atomic mass is 9.86. The van der Waals surface area contributed by atoms with Crippen LogP contribution in [-0.2, 0) is 14.9 Å². The fraction of sp³-hybridized carbons (Fsp3) is 1.00. The van der Waals surface area contributed by atoms with Crippen molar-refractivity contribution in [2.75, 3.05) is 26.3 Å². The lowest BCUT2D eigenvalue weighted by molar-refractivity contribution is 0.00943. The minimum Gasteiger partial charge on any atom is -0.396 e. The molecule has 1 aliphatic rings. The molecule has 6 nitrogen and oxygen atoms in total. The number of hydrogen-bond donors (Lipinski definition) is 2. The van der Waals surface area contributed by atoms with E-state index in [1.165, 1.54) is 4.31 Å². The predicted octanol–water partition coefficient (Wildman–Crippen LogP) is 0.339. The van der Waals surface area contributed by atoms with E-state index in [0.29, 0.717) is 26.1 Å². The van der Waals surface area contributed by atoms with E-state index in [0.717, 1.165) is 0 Å². The maximum atomic E-state index is 12.3. The van der Waals surface area contributed by atoms with Crippen LogP contribution in [0.1, 0.15) is 34.1 Å². The molecule has 0 aromatic heterocycles. The molecular weight excluding hydrogens is 268 g/mol. The number of hydrogen-bond acceptors (Lipinski definition) is 4. The summed E-state index contributed by atoms with van der Waals surface area (Å²) in [6.45, 7) is 8.84. The van der Waals surface area contributed by atoms with Crippen LogP contribution >= 0.6 is 0 Å². The van der Waals surface area contributed by atoms with Crippen LogP contribution < -0.4 is 4.72 Å². The quantitative estimate of drug-likeness (QED) is 0.766. The first-order valence-corrected chi connectivity index (χ1v) is 8.10. The third kappa shape index (κ3) is 5.00. The standard InChI is InChI=1S/C12H26N2O4S/c1-10-9-14(6-8-18-10)19(16,17)13-11(5-7-15)12(2,3)4/h10-11,13,15H,5-9H2,1-4H3/t10-,11+/m1/s1. The van der Waals surface area contributed by atoms with Crippen molar-refractivity contribution in [3.05, 3.63) is 0 Å². The molecule has 1 fully saturated rings. The first-order chi connectivity index (χ1) is 8.66. The van der Waals surface area contributed by atoms with Crippen molar-refractivity contribution in [2.24, 2.45) is 5.41 Å². The van der Waals surface area contributed by atoms with Gasteiger partial charge in [0.05, 0.1) is 12.7 Å². The number of nitrogens with zero attached hydrogens (tertiary/aromatic N) is 1. The van der Waals surface area contributed by atoms with Gasteiger partial charge in [0.1, 0.15) is 0 Å². The van der Waals surface area contributed by atoms with E-state index in [4.69, 9.17) is 9.84 Å². The summed E-state index contributed by atoms with van der Waals surface area (Å²) in [5.41, 5.74) is -0.242. The molecule has 0 unspecified atom stereocenters. The molecule has 0 radical (unpaired) electrons. The number of morpholine rings is 1. The number of nitrogens with one attached hydrogen (secondary N) is 1. The van der Waals surface area contributed by atoms with E-state index in [2.05, 4.69) is 4.72 Å². The maximum absolute atomic E-state index is 12.3. The van der Waals surface area contributed by atoms with Crippen LogP contribution in [0.2, 0.25) is 0 Å². The Morgan fingerprint density at radius 3 is 2.58 bits per heavy atom. The van der Waals surface area contributed by atoms with Crippen molar-refractivity contribution in [1.82, 2.24) is 9.03 Å². The van der Waals surface area contributed by atoms with Crippen molar-refractivity contribution in [3.63, 3.8) is 0 Å². The van der Waals surface area contributed by atoms with E-state index in [9.17, 15) is 8.42 Å². The zero-order valence-electron chi connectivity index (χ0n) is 12.2. The van der Waals surface area contributed by atoms with Crippen LogP contribution in [0, 0.1) is 5.41 Å². The number of rotatable bonds is 5.